The molecule has 1 saturated heterocycles. The number of benzene rings is 2. The first-order chi connectivity index (χ1) is 18.5. The minimum absolute atomic E-state index is 0.0933. The molecule has 0 spiro atoms. The summed E-state index contributed by atoms with van der Waals surface area (Å²) < 4.78 is 19.4. The van der Waals surface area contributed by atoms with Gasteiger partial charge in [0.05, 0.1) is 6.54 Å². The maximum atomic E-state index is 12.8. The summed E-state index contributed by atoms with van der Waals surface area (Å²) in [5.41, 5.74) is 8.55. The van der Waals surface area contributed by atoms with Gasteiger partial charge in [-0.1, -0.05) is 40.3 Å². The molecule has 10 nitrogen and oxygen atoms in total. The van der Waals surface area contributed by atoms with Gasteiger partial charge < -0.3 is 29.8 Å². The number of aromatic nitrogens is 4. The van der Waals surface area contributed by atoms with Crippen LogP contribution in [0.3, 0.4) is 0 Å². The number of fused-ring (bicyclic) bond motifs is 2. The van der Waals surface area contributed by atoms with E-state index in [1.54, 1.807) is 6.33 Å². The first kappa shape index (κ1) is 24.8. The van der Waals surface area contributed by atoms with Gasteiger partial charge in [-0.3, -0.25) is 0 Å². The second kappa shape index (κ2) is 10.7. The number of carbonyl (C=O) groups is 1. The molecule has 0 bridgehead atoms. The summed E-state index contributed by atoms with van der Waals surface area (Å²) in [6, 6.07) is 13.6. The molecule has 12 heteroatoms. The standard InChI is InChI=1S/C26H25BrN6O4S/c27-18-11-19-20(37-15-36-19)12-21(18)38-25-30-22-23(28)29-14-32(24(22)31-25)10-8-17-7-4-9-33(17)26(34)35-13-16-5-2-1-3-6-16/h1-3,5-6,11-12,14,17H,4,7-10,13,15H2,(H2,28,30,31)/p+1. The molecular weight excluding hydrogens is 572 g/mol. The van der Waals surface area contributed by atoms with Crippen LogP contribution >= 0.6 is 27.7 Å². The van der Waals surface area contributed by atoms with Crippen LogP contribution in [-0.2, 0) is 17.9 Å². The monoisotopic (exact) mass is 597 g/mol. The summed E-state index contributed by atoms with van der Waals surface area (Å²) in [7, 11) is 0. The highest BCUT2D eigenvalue weighted by atomic mass is 79.9. The third-order valence-corrected chi connectivity index (χ3v) is 8.54. The molecule has 6 rings (SSSR count). The van der Waals surface area contributed by atoms with Crippen molar-refractivity contribution >= 4 is 50.8 Å². The summed E-state index contributed by atoms with van der Waals surface area (Å²) in [4.78, 5) is 28.1. The number of ether oxygens (including phenoxy) is 3. The molecule has 1 fully saturated rings. The maximum absolute atomic E-state index is 12.8. The van der Waals surface area contributed by atoms with Crippen molar-refractivity contribution < 1.29 is 23.6 Å². The number of imidazole rings is 1. The van der Waals surface area contributed by atoms with Crippen LogP contribution in [0.2, 0.25) is 0 Å². The number of amides is 1. The van der Waals surface area contributed by atoms with Crippen molar-refractivity contribution in [1.29, 1.82) is 0 Å². The second-order valence-electron chi connectivity index (χ2n) is 9.12. The SMILES string of the molecule is Nc1nc[n+](CCC2CCCN2C(=O)OCc2ccccc2)c2nc(Sc3cc4c(cc3Br)OCO4)[nH]c12. The fourth-order valence-electron chi connectivity index (χ4n) is 4.74. The average molecular weight is 599 g/mol. The van der Waals surface area contributed by atoms with Gasteiger partial charge in [-0.25, -0.2) is 9.36 Å². The Morgan fingerprint density at radius 3 is 2.92 bits per heavy atom. The van der Waals surface area contributed by atoms with Crippen molar-refractivity contribution in [3.63, 3.8) is 0 Å². The van der Waals surface area contributed by atoms with Gasteiger partial charge in [0, 0.05) is 22.0 Å². The molecule has 4 aromatic rings. The quantitative estimate of drug-likeness (QED) is 0.295. The van der Waals surface area contributed by atoms with Crippen molar-refractivity contribution in [3.8, 4) is 11.5 Å². The number of aromatic amines is 1. The second-order valence-corrected chi connectivity index (χ2v) is 11.0. The molecule has 0 aliphatic carbocycles. The number of aryl methyl sites for hydroxylation is 1. The number of H-pyrrole nitrogens is 1. The van der Waals surface area contributed by atoms with Crippen molar-refractivity contribution in [3.05, 3.63) is 58.8 Å². The first-order valence-electron chi connectivity index (χ1n) is 12.3. The number of anilines is 1. The smallest absolute Gasteiger partial charge is 0.410 e. The van der Waals surface area contributed by atoms with Crippen molar-refractivity contribution in [2.75, 3.05) is 19.1 Å². The lowest BCUT2D eigenvalue weighted by Crippen LogP contribution is -2.41. The van der Waals surface area contributed by atoms with Crippen LogP contribution in [0.4, 0.5) is 10.6 Å². The predicted octanol–water partition coefficient (Wildman–Crippen LogP) is 4.66. The Morgan fingerprint density at radius 1 is 1.26 bits per heavy atom. The molecule has 196 valence electrons. The van der Waals surface area contributed by atoms with E-state index in [9.17, 15) is 4.79 Å². The molecule has 2 aromatic carbocycles. The number of carbonyl (C=O) groups excluding carboxylic acids is 1. The topological polar surface area (TPSA) is 119 Å². The zero-order valence-corrected chi connectivity index (χ0v) is 22.8. The molecule has 2 aromatic heterocycles. The van der Waals surface area contributed by atoms with Gasteiger partial charge in [-0.15, -0.1) is 0 Å². The average Bonchev–Trinajstić information content (AvgIpc) is 3.68. The Labute approximate surface area is 231 Å². The summed E-state index contributed by atoms with van der Waals surface area (Å²) in [5, 5.41) is 0.681. The van der Waals surface area contributed by atoms with E-state index in [0.29, 0.717) is 46.7 Å². The van der Waals surface area contributed by atoms with Crippen molar-refractivity contribution in [2.24, 2.45) is 0 Å². The number of nitrogens with one attached hydrogen (secondary N) is 1. The van der Waals surface area contributed by atoms with Crippen LogP contribution in [0, 0.1) is 0 Å². The van der Waals surface area contributed by atoms with Crippen LogP contribution in [0.1, 0.15) is 24.8 Å². The molecule has 0 radical (unpaired) electrons. The van der Waals surface area contributed by atoms with Crippen LogP contribution in [-0.4, -0.2) is 45.3 Å². The molecule has 38 heavy (non-hydrogen) atoms. The van der Waals surface area contributed by atoms with E-state index in [1.807, 2.05) is 51.9 Å². The Hall–Kier alpha value is -3.51. The van der Waals surface area contributed by atoms with Gasteiger partial charge in [-0.05, 0) is 64.7 Å². The molecule has 0 saturated carbocycles. The zero-order chi connectivity index (χ0) is 26.1. The number of rotatable bonds is 7. The highest BCUT2D eigenvalue weighted by Crippen LogP contribution is 2.42. The third kappa shape index (κ3) is 5.10. The molecule has 4 heterocycles. The van der Waals surface area contributed by atoms with E-state index in [1.165, 1.54) is 11.8 Å². The minimum atomic E-state index is -0.269. The number of likely N-dealkylation sites (tertiary alicyclic amines) is 1. The summed E-state index contributed by atoms with van der Waals surface area (Å²) >= 11 is 5.06. The number of nitrogen functional groups attached to an aromatic ring is 1. The molecule has 1 amide bonds. The number of hydrogen-bond acceptors (Lipinski definition) is 8. The van der Waals surface area contributed by atoms with Crippen molar-refractivity contribution in [1.82, 2.24) is 19.9 Å². The van der Waals surface area contributed by atoms with E-state index in [2.05, 4.69) is 25.9 Å². The van der Waals surface area contributed by atoms with Crippen LogP contribution in [0.5, 0.6) is 11.5 Å². The Balaban J connectivity index is 1.15. The van der Waals surface area contributed by atoms with Crippen LogP contribution < -0.4 is 19.8 Å². The fourth-order valence-corrected chi connectivity index (χ4v) is 6.12. The molecule has 1 atom stereocenters. The minimum Gasteiger partial charge on any atom is -0.454 e. The largest absolute Gasteiger partial charge is 0.454 e. The van der Waals surface area contributed by atoms with E-state index >= 15 is 0 Å². The van der Waals surface area contributed by atoms with Gasteiger partial charge in [0.2, 0.25) is 24.1 Å². The number of nitrogens with two attached hydrogens (primary N) is 1. The zero-order valence-electron chi connectivity index (χ0n) is 20.4. The summed E-state index contributed by atoms with van der Waals surface area (Å²) in [5.74, 6) is 1.79. The Kier molecular flexibility index (Phi) is 6.98. The van der Waals surface area contributed by atoms with Crippen LogP contribution in [0.25, 0.3) is 11.2 Å². The van der Waals surface area contributed by atoms with Gasteiger partial charge in [0.1, 0.15) is 6.61 Å². The Morgan fingerprint density at radius 2 is 2.08 bits per heavy atom. The van der Waals surface area contributed by atoms with Gasteiger partial charge in [0.25, 0.3) is 5.65 Å². The summed E-state index contributed by atoms with van der Waals surface area (Å²) in [6.07, 6.45) is 4.09. The molecule has 2 aliphatic heterocycles. The molecule has 2 aliphatic rings. The molecular formula is C26H26BrN6O4S+. The highest BCUT2D eigenvalue weighted by Gasteiger charge is 2.31. The number of halogens is 1. The predicted molar refractivity (Wildman–Crippen MR) is 144 cm³/mol. The lowest BCUT2D eigenvalue weighted by molar-refractivity contribution is -0.676. The highest BCUT2D eigenvalue weighted by molar-refractivity contribution is 9.10. The normalized spacial score (nSPS) is 16.3. The van der Waals surface area contributed by atoms with E-state index in [0.717, 1.165) is 34.2 Å². The van der Waals surface area contributed by atoms with E-state index < -0.39 is 0 Å². The third-order valence-electron chi connectivity index (χ3n) is 6.68. The first-order valence-corrected chi connectivity index (χ1v) is 13.9. The lowest BCUT2D eigenvalue weighted by atomic mass is 10.1. The van der Waals surface area contributed by atoms with Gasteiger partial charge in [-0.2, -0.15) is 0 Å². The number of hydrogen-bond donors (Lipinski definition) is 2. The van der Waals surface area contributed by atoms with E-state index in [-0.39, 0.29) is 25.5 Å². The maximum Gasteiger partial charge on any atom is 0.410 e. The van der Waals surface area contributed by atoms with Gasteiger partial charge in [0.15, 0.2) is 17.0 Å². The lowest BCUT2D eigenvalue weighted by Gasteiger charge is -2.23. The van der Waals surface area contributed by atoms with E-state index in [4.69, 9.17) is 24.9 Å². The molecule has 1 unspecified atom stereocenters. The van der Waals surface area contributed by atoms with Crippen LogP contribution in [0.15, 0.2) is 63.3 Å². The number of nitrogens with zero attached hydrogens (tertiary/aromatic N) is 4. The summed E-state index contributed by atoms with van der Waals surface area (Å²) in [6.45, 7) is 1.82. The Bertz CT molecular complexity index is 1480. The van der Waals surface area contributed by atoms with Gasteiger partial charge >= 0.3 is 6.09 Å². The molecule has 3 N–H and O–H groups in total. The van der Waals surface area contributed by atoms with Crippen molar-refractivity contribution in [2.45, 2.75) is 48.5 Å². The fraction of sp³-hybridized carbons (Fsp3) is 0.308.